The smallest absolute Gasteiger partial charge is 0.0519 e. The van der Waals surface area contributed by atoms with Gasteiger partial charge in [-0.05, 0) is 53.7 Å². The minimum absolute atomic E-state index is 0.396. The monoisotopic (exact) mass is 338 g/mol. The van der Waals surface area contributed by atoms with E-state index in [2.05, 4.69) is 75.8 Å². The van der Waals surface area contributed by atoms with Crippen LogP contribution in [0.5, 0.6) is 0 Å². The van der Waals surface area contributed by atoms with Gasteiger partial charge in [0.25, 0.3) is 0 Å². The van der Waals surface area contributed by atoms with Gasteiger partial charge in [-0.2, -0.15) is 0 Å². The number of anilines is 1. The highest BCUT2D eigenvalue weighted by atomic mass is 79.9. The molecule has 19 heavy (non-hydrogen) atoms. The van der Waals surface area contributed by atoms with Gasteiger partial charge in [0.2, 0.25) is 0 Å². The second-order valence-electron chi connectivity index (χ2n) is 4.69. The first kappa shape index (κ1) is 14.6. The van der Waals surface area contributed by atoms with Crippen molar-refractivity contribution in [3.8, 4) is 0 Å². The number of hydrogen-bond acceptors (Lipinski definition) is 3. The summed E-state index contributed by atoms with van der Waals surface area (Å²) in [6.45, 7) is 3.11. The lowest BCUT2D eigenvalue weighted by Crippen LogP contribution is -2.16. The van der Waals surface area contributed by atoms with Gasteiger partial charge in [0.15, 0.2) is 0 Å². The Morgan fingerprint density at radius 3 is 2.53 bits per heavy atom. The summed E-state index contributed by atoms with van der Waals surface area (Å²) in [6, 6.07) is 11.3. The fraction of sp³-hybridized carbons (Fsp3) is 0.333. The van der Waals surface area contributed by atoms with Gasteiger partial charge >= 0.3 is 0 Å². The molecule has 102 valence electrons. The lowest BCUT2D eigenvalue weighted by Gasteiger charge is -2.19. The Morgan fingerprint density at radius 2 is 2.00 bits per heavy atom. The Labute approximate surface area is 127 Å². The summed E-state index contributed by atoms with van der Waals surface area (Å²) < 4.78 is 1.17. The third kappa shape index (κ3) is 3.81. The number of nitrogens with one attached hydrogen (secondary N) is 1. The highest BCUT2D eigenvalue weighted by Crippen LogP contribution is 2.24. The van der Waals surface area contributed by atoms with Crippen molar-refractivity contribution in [1.29, 1.82) is 0 Å². The molecular weight excluding hydrogens is 320 g/mol. The van der Waals surface area contributed by atoms with Gasteiger partial charge in [0.1, 0.15) is 0 Å². The molecule has 0 radical (unpaired) electrons. The molecule has 0 aliphatic rings. The largest absolute Gasteiger partial charge is 0.369 e. The first-order valence-corrected chi connectivity index (χ1v) is 7.98. The number of benzene rings is 1. The second kappa shape index (κ2) is 6.55. The van der Waals surface area contributed by atoms with Crippen molar-refractivity contribution < 1.29 is 0 Å². The van der Waals surface area contributed by atoms with Crippen molar-refractivity contribution in [3.05, 3.63) is 50.6 Å². The molecule has 0 spiro atoms. The maximum Gasteiger partial charge on any atom is 0.0519 e. The molecule has 0 bridgehead atoms. The average Bonchev–Trinajstić information content (AvgIpc) is 2.83. The Kier molecular flexibility index (Phi) is 5.02. The van der Waals surface area contributed by atoms with E-state index in [4.69, 9.17) is 0 Å². The summed E-state index contributed by atoms with van der Waals surface area (Å²) in [4.78, 5) is 3.63. The Balaban J connectivity index is 2.05. The molecule has 0 aliphatic carbocycles. The summed E-state index contributed by atoms with van der Waals surface area (Å²) >= 11 is 5.28. The third-order valence-electron chi connectivity index (χ3n) is 3.28. The van der Waals surface area contributed by atoms with E-state index in [1.54, 1.807) is 11.3 Å². The molecule has 1 aromatic heterocycles. The van der Waals surface area contributed by atoms with Gasteiger partial charge in [-0.25, -0.2) is 0 Å². The molecule has 4 heteroatoms. The number of nitrogens with zero attached hydrogens (tertiary/aromatic N) is 1. The Morgan fingerprint density at radius 1 is 1.32 bits per heavy atom. The number of thiophene rings is 1. The molecule has 1 heterocycles. The van der Waals surface area contributed by atoms with Crippen LogP contribution in [0.15, 0.2) is 40.2 Å². The number of hydrogen-bond donors (Lipinski definition) is 1. The van der Waals surface area contributed by atoms with Crippen LogP contribution in [-0.2, 0) is 6.54 Å². The quantitative estimate of drug-likeness (QED) is 0.867. The first-order valence-electron chi connectivity index (χ1n) is 6.31. The van der Waals surface area contributed by atoms with Crippen molar-refractivity contribution in [2.45, 2.75) is 19.5 Å². The molecule has 2 rings (SSSR count). The molecule has 0 saturated carbocycles. The highest BCUT2D eigenvalue weighted by molar-refractivity contribution is 9.10. The Bertz CT molecular complexity index is 521. The average molecular weight is 339 g/mol. The summed E-state index contributed by atoms with van der Waals surface area (Å²) in [5.74, 6) is 0. The van der Waals surface area contributed by atoms with Crippen LogP contribution >= 0.6 is 27.3 Å². The predicted molar refractivity (Wildman–Crippen MR) is 88.0 cm³/mol. The molecule has 1 atom stereocenters. The van der Waals surface area contributed by atoms with Crippen molar-refractivity contribution in [3.63, 3.8) is 0 Å². The van der Waals surface area contributed by atoms with E-state index in [0.29, 0.717) is 6.04 Å². The molecule has 0 aliphatic heterocycles. The van der Waals surface area contributed by atoms with E-state index >= 15 is 0 Å². The lowest BCUT2D eigenvalue weighted by molar-refractivity contribution is 0.652. The Hall–Kier alpha value is -0.840. The van der Waals surface area contributed by atoms with E-state index in [1.165, 1.54) is 20.6 Å². The topological polar surface area (TPSA) is 15.3 Å². The van der Waals surface area contributed by atoms with Crippen LogP contribution in [0.4, 0.5) is 5.69 Å². The molecule has 0 amide bonds. The summed E-state index contributed by atoms with van der Waals surface area (Å²) in [7, 11) is 4.11. The van der Waals surface area contributed by atoms with Crippen molar-refractivity contribution in [1.82, 2.24) is 5.32 Å². The van der Waals surface area contributed by atoms with E-state index < -0.39 is 0 Å². The molecule has 1 aromatic carbocycles. The molecular formula is C15H19BrN2S. The highest BCUT2D eigenvalue weighted by Gasteiger charge is 2.06. The maximum absolute atomic E-state index is 3.50. The van der Waals surface area contributed by atoms with Gasteiger partial charge in [-0.1, -0.05) is 12.1 Å². The van der Waals surface area contributed by atoms with Crippen LogP contribution in [0.1, 0.15) is 23.4 Å². The normalized spacial score (nSPS) is 12.4. The van der Waals surface area contributed by atoms with Gasteiger partial charge < -0.3 is 10.2 Å². The van der Waals surface area contributed by atoms with E-state index in [1.807, 2.05) is 7.05 Å². The van der Waals surface area contributed by atoms with E-state index in [9.17, 15) is 0 Å². The number of rotatable bonds is 5. The summed E-state index contributed by atoms with van der Waals surface area (Å²) in [5.41, 5.74) is 2.56. The molecule has 0 saturated heterocycles. The zero-order valence-corrected chi connectivity index (χ0v) is 13.9. The predicted octanol–water partition coefficient (Wildman–Crippen LogP) is 4.43. The lowest BCUT2D eigenvalue weighted by atomic mass is 10.1. The molecule has 0 fully saturated rings. The third-order valence-corrected chi connectivity index (χ3v) is 4.96. The van der Waals surface area contributed by atoms with Crippen molar-refractivity contribution >= 4 is 33.0 Å². The molecule has 1 unspecified atom stereocenters. The van der Waals surface area contributed by atoms with Crippen LogP contribution in [-0.4, -0.2) is 14.1 Å². The summed E-state index contributed by atoms with van der Waals surface area (Å²) in [5, 5.41) is 5.38. The maximum atomic E-state index is 3.50. The zero-order valence-electron chi connectivity index (χ0n) is 11.5. The van der Waals surface area contributed by atoms with Crippen LogP contribution in [0, 0.1) is 0 Å². The van der Waals surface area contributed by atoms with Crippen LogP contribution in [0.2, 0.25) is 0 Å². The second-order valence-corrected chi connectivity index (χ2v) is 6.60. The molecule has 2 nitrogen and oxygen atoms in total. The fourth-order valence-corrected chi connectivity index (χ4v) is 3.45. The SMILES string of the molecule is CNC(C)c1ccc(N(C)Cc2cc(Br)cs2)cc1. The van der Waals surface area contributed by atoms with Gasteiger partial charge in [-0.3, -0.25) is 0 Å². The minimum Gasteiger partial charge on any atom is -0.369 e. The van der Waals surface area contributed by atoms with Crippen LogP contribution < -0.4 is 10.2 Å². The van der Waals surface area contributed by atoms with Crippen LogP contribution in [0.25, 0.3) is 0 Å². The zero-order chi connectivity index (χ0) is 13.8. The summed E-state index contributed by atoms with van der Waals surface area (Å²) in [6.07, 6.45) is 0. The van der Waals surface area contributed by atoms with Crippen LogP contribution in [0.3, 0.4) is 0 Å². The van der Waals surface area contributed by atoms with Crippen molar-refractivity contribution in [2.75, 3.05) is 19.0 Å². The van der Waals surface area contributed by atoms with Gasteiger partial charge in [0, 0.05) is 33.5 Å². The van der Waals surface area contributed by atoms with Gasteiger partial charge in [-0.15, -0.1) is 11.3 Å². The van der Waals surface area contributed by atoms with E-state index in [-0.39, 0.29) is 0 Å². The number of halogens is 1. The fourth-order valence-electron chi connectivity index (χ4n) is 1.95. The molecule has 1 N–H and O–H groups in total. The first-order chi connectivity index (χ1) is 9.10. The van der Waals surface area contributed by atoms with E-state index in [0.717, 1.165) is 6.54 Å². The standard InChI is InChI=1S/C15H19BrN2S/c1-11(17-2)12-4-6-14(7-5-12)18(3)9-15-8-13(16)10-19-15/h4-8,10-11,17H,9H2,1-3H3. The van der Waals surface area contributed by atoms with Gasteiger partial charge in [0.05, 0.1) is 6.54 Å². The molecule has 2 aromatic rings. The minimum atomic E-state index is 0.396. The van der Waals surface area contributed by atoms with Crippen molar-refractivity contribution in [2.24, 2.45) is 0 Å².